The van der Waals surface area contributed by atoms with Crippen molar-refractivity contribution in [1.29, 1.82) is 0 Å². The van der Waals surface area contributed by atoms with E-state index in [0.29, 0.717) is 6.04 Å². The number of benzene rings is 2. The van der Waals surface area contributed by atoms with Crippen LogP contribution in [0, 0.1) is 6.92 Å². The summed E-state index contributed by atoms with van der Waals surface area (Å²) in [5, 5.41) is 0. The van der Waals surface area contributed by atoms with E-state index in [0.717, 1.165) is 17.4 Å². The summed E-state index contributed by atoms with van der Waals surface area (Å²) in [5.41, 5.74) is 4.03. The minimum absolute atomic E-state index is 0.529. The molecule has 0 aliphatic heterocycles. The van der Waals surface area contributed by atoms with Crippen LogP contribution in [0.25, 0.3) is 6.08 Å². The predicted molar refractivity (Wildman–Crippen MR) is 96.7 cm³/mol. The average molecular weight is 294 g/mol. The fraction of sp³-hybridized carbons (Fsp3) is 0.333. The van der Waals surface area contributed by atoms with Gasteiger partial charge < -0.3 is 4.48 Å². The summed E-state index contributed by atoms with van der Waals surface area (Å²) in [7, 11) is 4.65. The van der Waals surface area contributed by atoms with Crippen molar-refractivity contribution in [3.05, 3.63) is 77.4 Å². The van der Waals surface area contributed by atoms with Crippen LogP contribution in [0.2, 0.25) is 0 Å². The van der Waals surface area contributed by atoms with Crippen LogP contribution in [0.5, 0.6) is 0 Å². The molecule has 0 saturated carbocycles. The Bertz CT molecular complexity index is 594. The Morgan fingerprint density at radius 1 is 0.955 bits per heavy atom. The van der Waals surface area contributed by atoms with Crippen molar-refractivity contribution in [2.45, 2.75) is 26.3 Å². The van der Waals surface area contributed by atoms with Crippen LogP contribution in [0.4, 0.5) is 0 Å². The Kier molecular flexibility index (Phi) is 5.57. The number of rotatable bonds is 6. The second kappa shape index (κ2) is 7.42. The molecule has 2 aromatic rings. The zero-order chi connectivity index (χ0) is 16.0. The Labute approximate surface area is 135 Å². The lowest BCUT2D eigenvalue weighted by Gasteiger charge is -2.37. The lowest BCUT2D eigenvalue weighted by molar-refractivity contribution is -0.915. The number of likely N-dealkylation sites (N-methyl/N-ethyl adjacent to an activating group) is 1. The van der Waals surface area contributed by atoms with Crippen molar-refractivity contribution >= 4 is 6.08 Å². The maximum Gasteiger partial charge on any atom is 0.114 e. The van der Waals surface area contributed by atoms with Gasteiger partial charge in [-0.25, -0.2) is 0 Å². The van der Waals surface area contributed by atoms with Gasteiger partial charge in [0.1, 0.15) is 6.04 Å². The topological polar surface area (TPSA) is 0 Å². The Morgan fingerprint density at radius 2 is 1.59 bits per heavy atom. The van der Waals surface area contributed by atoms with Gasteiger partial charge in [-0.3, -0.25) is 0 Å². The van der Waals surface area contributed by atoms with Crippen molar-refractivity contribution in [2.24, 2.45) is 0 Å². The fourth-order valence-corrected chi connectivity index (χ4v) is 3.07. The molecular formula is C21H28N+. The van der Waals surface area contributed by atoms with Crippen molar-refractivity contribution in [2.75, 3.05) is 20.6 Å². The molecule has 0 fully saturated rings. The summed E-state index contributed by atoms with van der Waals surface area (Å²) < 4.78 is 0.975. The SMILES string of the molecule is CCC(c1ccc(C)cc1)[N+](C)(C)CC=Cc1ccccc1. The minimum Gasteiger partial charge on any atom is -0.319 e. The molecule has 22 heavy (non-hydrogen) atoms. The third kappa shape index (κ3) is 4.32. The molecule has 0 aliphatic carbocycles. The number of quaternary nitrogens is 1. The average Bonchev–Trinajstić information content (AvgIpc) is 2.50. The van der Waals surface area contributed by atoms with Gasteiger partial charge in [0.05, 0.1) is 20.6 Å². The maximum absolute atomic E-state index is 2.32. The highest BCUT2D eigenvalue weighted by Crippen LogP contribution is 2.28. The molecule has 116 valence electrons. The second-order valence-electron chi connectivity index (χ2n) is 6.61. The van der Waals surface area contributed by atoms with Crippen molar-refractivity contribution < 1.29 is 4.48 Å². The van der Waals surface area contributed by atoms with E-state index in [4.69, 9.17) is 0 Å². The smallest absolute Gasteiger partial charge is 0.114 e. The quantitative estimate of drug-likeness (QED) is 0.639. The molecule has 0 aliphatic rings. The molecule has 0 radical (unpaired) electrons. The van der Waals surface area contributed by atoms with Gasteiger partial charge in [-0.05, 0) is 18.6 Å². The van der Waals surface area contributed by atoms with E-state index in [1.165, 1.54) is 16.7 Å². The first-order chi connectivity index (χ1) is 10.5. The van der Waals surface area contributed by atoms with Gasteiger partial charge in [-0.2, -0.15) is 0 Å². The molecule has 0 saturated heterocycles. The van der Waals surface area contributed by atoms with Crippen molar-refractivity contribution in [1.82, 2.24) is 0 Å². The molecule has 1 heteroatoms. The van der Waals surface area contributed by atoms with E-state index < -0.39 is 0 Å². The van der Waals surface area contributed by atoms with E-state index in [2.05, 4.69) is 94.7 Å². The minimum atomic E-state index is 0.529. The van der Waals surface area contributed by atoms with Crippen LogP contribution in [-0.4, -0.2) is 25.1 Å². The van der Waals surface area contributed by atoms with E-state index >= 15 is 0 Å². The molecule has 0 N–H and O–H groups in total. The van der Waals surface area contributed by atoms with E-state index in [9.17, 15) is 0 Å². The first-order valence-electron chi connectivity index (χ1n) is 8.14. The highest BCUT2D eigenvalue weighted by molar-refractivity contribution is 5.48. The molecule has 0 amide bonds. The summed E-state index contributed by atoms with van der Waals surface area (Å²) in [4.78, 5) is 0. The van der Waals surface area contributed by atoms with E-state index in [1.807, 2.05) is 0 Å². The van der Waals surface area contributed by atoms with E-state index in [-0.39, 0.29) is 0 Å². The first-order valence-corrected chi connectivity index (χ1v) is 8.14. The third-order valence-electron chi connectivity index (χ3n) is 4.38. The van der Waals surface area contributed by atoms with Gasteiger partial charge in [0.2, 0.25) is 0 Å². The number of hydrogen-bond donors (Lipinski definition) is 0. The van der Waals surface area contributed by atoms with Crippen LogP contribution in [-0.2, 0) is 0 Å². The van der Waals surface area contributed by atoms with E-state index in [1.54, 1.807) is 0 Å². The lowest BCUT2D eigenvalue weighted by atomic mass is 10.00. The molecule has 0 aromatic heterocycles. The Hall–Kier alpha value is -1.86. The summed E-state index contributed by atoms with van der Waals surface area (Å²) >= 11 is 0. The summed E-state index contributed by atoms with van der Waals surface area (Å²) in [6.07, 6.45) is 5.67. The molecule has 0 bridgehead atoms. The lowest BCUT2D eigenvalue weighted by Crippen LogP contribution is -2.43. The van der Waals surface area contributed by atoms with Crippen LogP contribution >= 0.6 is 0 Å². The van der Waals surface area contributed by atoms with Crippen molar-refractivity contribution in [3.8, 4) is 0 Å². The van der Waals surface area contributed by atoms with Crippen molar-refractivity contribution in [3.63, 3.8) is 0 Å². The van der Waals surface area contributed by atoms with Gasteiger partial charge in [0.25, 0.3) is 0 Å². The second-order valence-corrected chi connectivity index (χ2v) is 6.61. The monoisotopic (exact) mass is 294 g/mol. The maximum atomic E-state index is 2.32. The third-order valence-corrected chi connectivity index (χ3v) is 4.38. The molecule has 1 unspecified atom stereocenters. The zero-order valence-corrected chi connectivity index (χ0v) is 14.3. The number of nitrogens with zero attached hydrogens (tertiary/aromatic N) is 1. The molecule has 2 aromatic carbocycles. The Morgan fingerprint density at radius 3 is 2.18 bits per heavy atom. The van der Waals surface area contributed by atoms with Gasteiger partial charge in [0.15, 0.2) is 0 Å². The highest BCUT2D eigenvalue weighted by atomic mass is 15.3. The summed E-state index contributed by atoms with van der Waals surface area (Å²) in [5.74, 6) is 0. The predicted octanol–water partition coefficient (Wildman–Crippen LogP) is 5.24. The summed E-state index contributed by atoms with van der Waals surface area (Å²) in [6, 6.07) is 20.1. The van der Waals surface area contributed by atoms with Gasteiger partial charge in [-0.15, -0.1) is 0 Å². The zero-order valence-electron chi connectivity index (χ0n) is 14.3. The molecule has 0 spiro atoms. The molecule has 2 rings (SSSR count). The first kappa shape index (κ1) is 16.5. The van der Waals surface area contributed by atoms with Gasteiger partial charge in [0, 0.05) is 12.0 Å². The van der Waals surface area contributed by atoms with Gasteiger partial charge >= 0.3 is 0 Å². The number of hydrogen-bond acceptors (Lipinski definition) is 0. The molecular weight excluding hydrogens is 266 g/mol. The van der Waals surface area contributed by atoms with Gasteiger partial charge in [-0.1, -0.05) is 73.2 Å². The molecule has 1 atom stereocenters. The highest BCUT2D eigenvalue weighted by Gasteiger charge is 2.26. The largest absolute Gasteiger partial charge is 0.319 e. The number of aryl methyl sites for hydroxylation is 1. The normalized spacial score (nSPS) is 13.5. The molecule has 1 nitrogen and oxygen atoms in total. The summed E-state index contributed by atoms with van der Waals surface area (Å²) in [6.45, 7) is 5.46. The van der Waals surface area contributed by atoms with Crippen LogP contribution in [0.1, 0.15) is 36.1 Å². The van der Waals surface area contributed by atoms with Crippen LogP contribution < -0.4 is 0 Å². The Balaban J connectivity index is 2.09. The van der Waals surface area contributed by atoms with Crippen LogP contribution in [0.3, 0.4) is 0 Å². The fourth-order valence-electron chi connectivity index (χ4n) is 3.07. The van der Waals surface area contributed by atoms with Crippen LogP contribution in [0.15, 0.2) is 60.7 Å². The standard InChI is InChI=1S/C21H28N/c1-5-21(20-15-13-18(2)14-16-20)22(3,4)17-9-12-19-10-7-6-8-11-19/h6-16,21H,5,17H2,1-4H3/q+1. The molecule has 0 heterocycles.